The van der Waals surface area contributed by atoms with Crippen molar-refractivity contribution in [3.8, 4) is 5.75 Å². The summed E-state index contributed by atoms with van der Waals surface area (Å²) in [6, 6.07) is 18.8. The van der Waals surface area contributed by atoms with Crippen molar-refractivity contribution < 1.29 is 9.53 Å². The lowest BCUT2D eigenvalue weighted by atomic mass is 10.2. The Bertz CT molecular complexity index is 866. The first kappa shape index (κ1) is 17.4. The molecule has 0 fully saturated rings. The van der Waals surface area contributed by atoms with Gasteiger partial charge in [0.1, 0.15) is 11.4 Å². The number of hydrogen-bond acceptors (Lipinski definition) is 5. The summed E-state index contributed by atoms with van der Waals surface area (Å²) in [7, 11) is 3.36. The predicted molar refractivity (Wildman–Crippen MR) is 102 cm³/mol. The highest BCUT2D eigenvalue weighted by Crippen LogP contribution is 2.15. The van der Waals surface area contributed by atoms with E-state index in [4.69, 9.17) is 4.74 Å². The molecule has 0 aliphatic carbocycles. The number of ether oxygens (including phenoxy) is 1. The van der Waals surface area contributed by atoms with Crippen molar-refractivity contribution in [2.45, 2.75) is 6.54 Å². The summed E-state index contributed by atoms with van der Waals surface area (Å²) >= 11 is 0. The lowest BCUT2D eigenvalue weighted by molar-refractivity contribution is 0.0988. The number of nitrogens with one attached hydrogen (secondary N) is 1. The average Bonchev–Trinajstić information content (AvgIpc) is 2.72. The maximum Gasteiger partial charge on any atom is 0.276 e. The van der Waals surface area contributed by atoms with Crippen LogP contribution in [0.5, 0.6) is 5.75 Å². The molecule has 3 rings (SSSR count). The number of carbonyl (C=O) groups excluding carboxylic acids is 1. The molecule has 0 saturated heterocycles. The standard InChI is InChI=1S/C20H20N4O2/c1-24(16-6-4-3-5-7-16)19(25)18-12-13-21-20(23-18)22-14-15-8-10-17(26-2)11-9-15/h3-13H,14H2,1-2H3,(H,21,22,23). The van der Waals surface area contributed by atoms with E-state index in [-0.39, 0.29) is 5.91 Å². The lowest BCUT2D eigenvalue weighted by Gasteiger charge is -2.17. The fraction of sp³-hybridized carbons (Fsp3) is 0.150. The highest BCUT2D eigenvalue weighted by molar-refractivity contribution is 6.04. The highest BCUT2D eigenvalue weighted by Gasteiger charge is 2.15. The normalized spacial score (nSPS) is 10.2. The Morgan fingerprint density at radius 2 is 1.81 bits per heavy atom. The third kappa shape index (κ3) is 4.16. The molecule has 2 aromatic carbocycles. The van der Waals surface area contributed by atoms with E-state index in [9.17, 15) is 4.79 Å². The van der Waals surface area contributed by atoms with E-state index in [0.717, 1.165) is 17.0 Å². The number of aromatic nitrogens is 2. The van der Waals surface area contributed by atoms with Crippen molar-refractivity contribution >= 4 is 17.5 Å². The van der Waals surface area contributed by atoms with Gasteiger partial charge in [-0.2, -0.15) is 0 Å². The minimum absolute atomic E-state index is 0.189. The molecule has 0 saturated carbocycles. The number of rotatable bonds is 6. The second-order valence-electron chi connectivity index (χ2n) is 5.67. The van der Waals surface area contributed by atoms with Crippen LogP contribution in [0.1, 0.15) is 16.1 Å². The SMILES string of the molecule is COc1ccc(CNc2nccc(C(=O)N(C)c3ccccc3)n2)cc1. The summed E-state index contributed by atoms with van der Waals surface area (Å²) in [6.07, 6.45) is 1.58. The van der Waals surface area contributed by atoms with Crippen LogP contribution in [0.3, 0.4) is 0 Å². The molecule has 0 atom stereocenters. The van der Waals surface area contributed by atoms with Crippen LogP contribution in [0.25, 0.3) is 0 Å². The van der Waals surface area contributed by atoms with E-state index in [1.807, 2.05) is 54.6 Å². The molecule has 0 aliphatic heterocycles. The number of para-hydroxylation sites is 1. The molecular formula is C20H20N4O2. The maximum absolute atomic E-state index is 12.6. The number of anilines is 2. The molecule has 0 radical (unpaired) electrons. The van der Waals surface area contributed by atoms with E-state index in [0.29, 0.717) is 18.2 Å². The van der Waals surface area contributed by atoms with E-state index < -0.39 is 0 Å². The van der Waals surface area contributed by atoms with Gasteiger partial charge in [0.15, 0.2) is 0 Å². The van der Waals surface area contributed by atoms with Crippen molar-refractivity contribution in [3.05, 3.63) is 78.1 Å². The molecule has 1 aromatic heterocycles. The second-order valence-corrected chi connectivity index (χ2v) is 5.67. The first-order chi connectivity index (χ1) is 12.7. The number of amides is 1. The van der Waals surface area contributed by atoms with Gasteiger partial charge in [-0.3, -0.25) is 4.79 Å². The van der Waals surface area contributed by atoms with Crippen LogP contribution in [0, 0.1) is 0 Å². The van der Waals surface area contributed by atoms with Gasteiger partial charge in [0.2, 0.25) is 5.95 Å². The summed E-state index contributed by atoms with van der Waals surface area (Å²) in [6.45, 7) is 0.552. The van der Waals surface area contributed by atoms with Crippen molar-refractivity contribution in [2.75, 3.05) is 24.4 Å². The van der Waals surface area contributed by atoms with Crippen molar-refractivity contribution in [2.24, 2.45) is 0 Å². The fourth-order valence-electron chi connectivity index (χ4n) is 2.43. The first-order valence-electron chi connectivity index (χ1n) is 8.20. The van der Waals surface area contributed by atoms with E-state index in [1.54, 1.807) is 31.3 Å². The summed E-state index contributed by atoms with van der Waals surface area (Å²) in [5.74, 6) is 1.03. The monoisotopic (exact) mass is 348 g/mol. The van der Waals surface area contributed by atoms with Crippen molar-refractivity contribution in [3.63, 3.8) is 0 Å². The third-order valence-electron chi connectivity index (χ3n) is 3.93. The number of nitrogens with zero attached hydrogens (tertiary/aromatic N) is 3. The zero-order valence-electron chi connectivity index (χ0n) is 14.7. The van der Waals surface area contributed by atoms with Crippen LogP contribution in [-0.4, -0.2) is 30.0 Å². The summed E-state index contributed by atoms with van der Waals surface area (Å²) in [5.41, 5.74) is 2.21. The van der Waals surface area contributed by atoms with Crippen molar-refractivity contribution in [1.82, 2.24) is 9.97 Å². The van der Waals surface area contributed by atoms with E-state index in [2.05, 4.69) is 15.3 Å². The molecule has 0 aliphatic rings. The molecule has 1 N–H and O–H groups in total. The maximum atomic E-state index is 12.6. The quantitative estimate of drug-likeness (QED) is 0.740. The van der Waals surface area contributed by atoms with Gasteiger partial charge in [0.25, 0.3) is 5.91 Å². The van der Waals surface area contributed by atoms with Crippen LogP contribution in [0.2, 0.25) is 0 Å². The van der Waals surface area contributed by atoms with Gasteiger partial charge in [-0.05, 0) is 35.9 Å². The highest BCUT2D eigenvalue weighted by atomic mass is 16.5. The van der Waals surface area contributed by atoms with Crippen LogP contribution < -0.4 is 15.0 Å². The van der Waals surface area contributed by atoms with Gasteiger partial charge in [-0.25, -0.2) is 9.97 Å². The van der Waals surface area contributed by atoms with Crippen molar-refractivity contribution in [1.29, 1.82) is 0 Å². The fourth-order valence-corrected chi connectivity index (χ4v) is 2.43. The smallest absolute Gasteiger partial charge is 0.276 e. The van der Waals surface area contributed by atoms with Gasteiger partial charge in [0.05, 0.1) is 7.11 Å². The summed E-state index contributed by atoms with van der Waals surface area (Å²) in [4.78, 5) is 22.7. The van der Waals surface area contributed by atoms with Gasteiger partial charge < -0.3 is 15.0 Å². The number of hydrogen-bond donors (Lipinski definition) is 1. The second kappa shape index (κ2) is 8.11. The molecule has 6 nitrogen and oxygen atoms in total. The number of benzene rings is 2. The topological polar surface area (TPSA) is 67.3 Å². The zero-order valence-corrected chi connectivity index (χ0v) is 14.7. The van der Waals surface area contributed by atoms with Gasteiger partial charge >= 0.3 is 0 Å². The van der Waals surface area contributed by atoms with Crippen LogP contribution in [0.4, 0.5) is 11.6 Å². The van der Waals surface area contributed by atoms with Gasteiger partial charge in [0, 0.05) is 25.5 Å². The lowest BCUT2D eigenvalue weighted by Crippen LogP contribution is -2.27. The molecule has 3 aromatic rings. The largest absolute Gasteiger partial charge is 0.497 e. The Morgan fingerprint density at radius 1 is 1.08 bits per heavy atom. The predicted octanol–water partition coefficient (Wildman–Crippen LogP) is 3.37. The molecule has 6 heteroatoms. The zero-order chi connectivity index (χ0) is 18.4. The third-order valence-corrected chi connectivity index (χ3v) is 3.93. The molecule has 1 amide bonds. The Balaban J connectivity index is 1.68. The van der Waals surface area contributed by atoms with Crippen LogP contribution in [-0.2, 0) is 6.54 Å². The first-order valence-corrected chi connectivity index (χ1v) is 8.20. The Morgan fingerprint density at radius 3 is 2.50 bits per heavy atom. The summed E-state index contributed by atoms with van der Waals surface area (Å²) in [5, 5.41) is 3.14. The average molecular weight is 348 g/mol. The Kier molecular flexibility index (Phi) is 5.43. The van der Waals surface area contributed by atoms with Crippen LogP contribution in [0.15, 0.2) is 66.9 Å². The van der Waals surface area contributed by atoms with Gasteiger partial charge in [-0.15, -0.1) is 0 Å². The Labute approximate surface area is 152 Å². The molecule has 0 spiro atoms. The van der Waals surface area contributed by atoms with E-state index in [1.165, 1.54) is 0 Å². The summed E-state index contributed by atoms with van der Waals surface area (Å²) < 4.78 is 5.15. The van der Waals surface area contributed by atoms with Gasteiger partial charge in [-0.1, -0.05) is 30.3 Å². The number of carbonyl (C=O) groups is 1. The molecule has 0 bridgehead atoms. The molecule has 26 heavy (non-hydrogen) atoms. The minimum Gasteiger partial charge on any atom is -0.497 e. The van der Waals surface area contributed by atoms with E-state index >= 15 is 0 Å². The number of methoxy groups -OCH3 is 1. The minimum atomic E-state index is -0.189. The molecule has 1 heterocycles. The molecule has 132 valence electrons. The molecule has 0 unspecified atom stereocenters. The Hall–Kier alpha value is -3.41. The molecular weight excluding hydrogens is 328 g/mol. The van der Waals surface area contributed by atoms with Crippen LogP contribution >= 0.6 is 0 Å².